The van der Waals surface area contributed by atoms with Gasteiger partial charge in [0.25, 0.3) is 5.91 Å². The van der Waals surface area contributed by atoms with Gasteiger partial charge in [0, 0.05) is 35.0 Å². The lowest BCUT2D eigenvalue weighted by atomic mass is 9.94. The van der Waals surface area contributed by atoms with Gasteiger partial charge in [-0.1, -0.05) is 35.9 Å². The molecule has 1 N–H and O–H groups in total. The lowest BCUT2D eigenvalue weighted by Gasteiger charge is -2.38. The van der Waals surface area contributed by atoms with Crippen molar-refractivity contribution in [1.29, 1.82) is 5.26 Å². The summed E-state index contributed by atoms with van der Waals surface area (Å²) >= 11 is 6.46. The van der Waals surface area contributed by atoms with E-state index in [0.29, 0.717) is 0 Å². The van der Waals surface area contributed by atoms with Crippen LogP contribution in [-0.4, -0.2) is 33.2 Å². The number of nitrogens with zero attached hydrogens (tertiary/aromatic N) is 2. The molecule has 168 valence electrons. The Morgan fingerprint density at radius 1 is 1.28 bits per heavy atom. The molecule has 1 heterocycles. The van der Waals surface area contributed by atoms with Gasteiger partial charge >= 0.3 is 0 Å². The van der Waals surface area contributed by atoms with Gasteiger partial charge < -0.3 is 10.2 Å². The molecule has 1 amide bonds. The Balaban J connectivity index is 1.86. The minimum Gasteiger partial charge on any atom is -0.364 e. The third-order valence-electron chi connectivity index (χ3n) is 5.44. The van der Waals surface area contributed by atoms with Gasteiger partial charge in [-0.25, -0.2) is 8.42 Å². The summed E-state index contributed by atoms with van der Waals surface area (Å²) in [5.74, 6) is -0.431. The van der Waals surface area contributed by atoms with Gasteiger partial charge in [0.15, 0.2) is 9.84 Å². The standard InChI is InChI=1S/C24H26ClN3O3S/c1-17(12-14-32(2,30)31)27-24(29)20-11-10-19(15-18(20)16-26)28-13-6-5-9-23(28)21-7-3-4-8-22(21)25/h3-4,7-8,10-12,14-15,17,23H,5-6,9,13H2,1-2H3,(H,27,29)/b14-12+/t17-,23?/m1/s1. The summed E-state index contributed by atoms with van der Waals surface area (Å²) in [6.45, 7) is 2.50. The first-order valence-electron chi connectivity index (χ1n) is 10.4. The summed E-state index contributed by atoms with van der Waals surface area (Å²) in [7, 11) is -3.28. The van der Waals surface area contributed by atoms with E-state index in [-0.39, 0.29) is 17.2 Å². The van der Waals surface area contributed by atoms with Gasteiger partial charge in [0.1, 0.15) is 6.07 Å². The number of rotatable bonds is 6. The molecule has 0 bridgehead atoms. The number of amides is 1. The van der Waals surface area contributed by atoms with Crippen molar-refractivity contribution in [3.63, 3.8) is 0 Å². The summed E-state index contributed by atoms with van der Waals surface area (Å²) in [4.78, 5) is 14.9. The number of halogens is 1. The van der Waals surface area contributed by atoms with E-state index in [1.807, 2.05) is 30.3 Å². The summed E-state index contributed by atoms with van der Waals surface area (Å²) < 4.78 is 22.5. The number of nitriles is 1. The van der Waals surface area contributed by atoms with E-state index < -0.39 is 21.8 Å². The molecule has 1 aliphatic rings. The van der Waals surface area contributed by atoms with Crippen LogP contribution in [0, 0.1) is 11.3 Å². The van der Waals surface area contributed by atoms with E-state index in [0.717, 1.165) is 53.7 Å². The Morgan fingerprint density at radius 3 is 2.72 bits per heavy atom. The highest BCUT2D eigenvalue weighted by molar-refractivity contribution is 7.93. The van der Waals surface area contributed by atoms with E-state index in [2.05, 4.69) is 16.3 Å². The Bertz CT molecular complexity index is 1170. The second-order valence-corrected chi connectivity index (χ2v) is 10.3. The van der Waals surface area contributed by atoms with E-state index in [1.54, 1.807) is 19.1 Å². The van der Waals surface area contributed by atoms with E-state index in [4.69, 9.17) is 11.6 Å². The van der Waals surface area contributed by atoms with Gasteiger partial charge in [0.05, 0.1) is 17.2 Å². The molecule has 0 spiro atoms. The molecule has 8 heteroatoms. The van der Waals surface area contributed by atoms with Crippen molar-refractivity contribution in [2.45, 2.75) is 38.3 Å². The fourth-order valence-corrected chi connectivity index (χ4v) is 4.69. The van der Waals surface area contributed by atoms with Crippen molar-refractivity contribution < 1.29 is 13.2 Å². The summed E-state index contributed by atoms with van der Waals surface area (Å²) in [5, 5.41) is 14.2. The third-order valence-corrected chi connectivity index (χ3v) is 6.44. The monoisotopic (exact) mass is 471 g/mol. The second-order valence-electron chi connectivity index (χ2n) is 7.99. The lowest BCUT2D eigenvalue weighted by Crippen LogP contribution is -2.34. The van der Waals surface area contributed by atoms with Crippen molar-refractivity contribution in [2.24, 2.45) is 0 Å². The number of hydrogen-bond donors (Lipinski definition) is 1. The molecule has 0 radical (unpaired) electrons. The van der Waals surface area contributed by atoms with Gasteiger partial charge in [-0.3, -0.25) is 4.79 Å². The van der Waals surface area contributed by atoms with Crippen LogP contribution >= 0.6 is 11.6 Å². The second kappa shape index (κ2) is 10.2. The number of anilines is 1. The lowest BCUT2D eigenvalue weighted by molar-refractivity contribution is 0.0946. The molecule has 0 saturated carbocycles. The molecule has 0 aliphatic carbocycles. The quantitative estimate of drug-likeness (QED) is 0.663. The van der Waals surface area contributed by atoms with E-state index in [1.165, 1.54) is 6.08 Å². The van der Waals surface area contributed by atoms with Crippen LogP contribution in [0.5, 0.6) is 0 Å². The molecule has 2 aromatic rings. The predicted octanol–water partition coefficient (Wildman–Crippen LogP) is 4.62. The van der Waals surface area contributed by atoms with Crippen LogP contribution in [-0.2, 0) is 9.84 Å². The molecule has 3 rings (SSSR count). The molecule has 2 atom stereocenters. The van der Waals surface area contributed by atoms with Crippen LogP contribution in [0.15, 0.2) is 53.9 Å². The Morgan fingerprint density at radius 2 is 2.03 bits per heavy atom. The SMILES string of the molecule is C[C@H](/C=C/S(C)(=O)=O)NC(=O)c1ccc(N2CCCCC2c2ccccc2Cl)cc1C#N. The molecular weight excluding hydrogens is 446 g/mol. The van der Waals surface area contributed by atoms with Crippen LogP contribution in [0.3, 0.4) is 0 Å². The summed E-state index contributed by atoms with van der Waals surface area (Å²) in [6.07, 6.45) is 5.57. The Labute approximate surface area is 194 Å². The van der Waals surface area contributed by atoms with Crippen LogP contribution in [0.25, 0.3) is 0 Å². The number of hydrogen-bond acceptors (Lipinski definition) is 5. The highest BCUT2D eigenvalue weighted by Crippen LogP contribution is 2.38. The number of sulfone groups is 1. The molecule has 6 nitrogen and oxygen atoms in total. The van der Waals surface area contributed by atoms with Crippen molar-refractivity contribution in [2.75, 3.05) is 17.7 Å². The summed E-state index contributed by atoms with van der Waals surface area (Å²) in [5.41, 5.74) is 2.44. The average molecular weight is 472 g/mol. The first kappa shape index (κ1) is 23.8. The first-order valence-corrected chi connectivity index (χ1v) is 12.8. The number of nitrogens with one attached hydrogen (secondary N) is 1. The first-order chi connectivity index (χ1) is 15.2. The van der Waals surface area contributed by atoms with Gasteiger partial charge in [-0.15, -0.1) is 0 Å². The zero-order chi connectivity index (χ0) is 23.3. The minimum absolute atomic E-state index is 0.102. The van der Waals surface area contributed by atoms with Gasteiger partial charge in [0.2, 0.25) is 0 Å². The van der Waals surface area contributed by atoms with Crippen LogP contribution < -0.4 is 10.2 Å². The number of carbonyl (C=O) groups is 1. The van der Waals surface area contributed by atoms with Crippen LogP contribution in [0.4, 0.5) is 5.69 Å². The van der Waals surface area contributed by atoms with E-state index >= 15 is 0 Å². The molecule has 0 aromatic heterocycles. The van der Waals surface area contributed by atoms with Crippen molar-refractivity contribution in [3.8, 4) is 6.07 Å². The molecule has 1 unspecified atom stereocenters. The highest BCUT2D eigenvalue weighted by Gasteiger charge is 2.26. The van der Waals surface area contributed by atoms with E-state index in [9.17, 15) is 18.5 Å². The maximum absolute atomic E-state index is 12.7. The normalized spacial score (nSPS) is 17.7. The van der Waals surface area contributed by atoms with Crippen LogP contribution in [0.1, 0.15) is 53.7 Å². The Kier molecular flexibility index (Phi) is 7.60. The fraction of sp³-hybridized carbons (Fsp3) is 0.333. The molecule has 1 saturated heterocycles. The molecule has 2 aromatic carbocycles. The molecule has 1 aliphatic heterocycles. The molecule has 1 fully saturated rings. The third kappa shape index (κ3) is 5.90. The maximum Gasteiger partial charge on any atom is 0.253 e. The van der Waals surface area contributed by atoms with Gasteiger partial charge in [-0.05, 0) is 56.0 Å². The van der Waals surface area contributed by atoms with Crippen molar-refractivity contribution in [1.82, 2.24) is 5.32 Å². The Hall–Kier alpha value is -2.82. The smallest absolute Gasteiger partial charge is 0.253 e. The van der Waals surface area contributed by atoms with Crippen molar-refractivity contribution in [3.05, 3.63) is 75.7 Å². The highest BCUT2D eigenvalue weighted by atomic mass is 35.5. The number of benzene rings is 2. The maximum atomic E-state index is 12.7. The molecular formula is C24H26ClN3O3S. The summed E-state index contributed by atoms with van der Waals surface area (Å²) in [6, 6.07) is 14.8. The van der Waals surface area contributed by atoms with Crippen LogP contribution in [0.2, 0.25) is 5.02 Å². The fourth-order valence-electron chi connectivity index (χ4n) is 3.90. The van der Waals surface area contributed by atoms with Gasteiger partial charge in [-0.2, -0.15) is 5.26 Å². The number of carbonyl (C=O) groups excluding carboxylic acids is 1. The zero-order valence-electron chi connectivity index (χ0n) is 18.1. The zero-order valence-corrected chi connectivity index (χ0v) is 19.7. The largest absolute Gasteiger partial charge is 0.364 e. The predicted molar refractivity (Wildman–Crippen MR) is 127 cm³/mol. The average Bonchev–Trinajstić information content (AvgIpc) is 2.77. The van der Waals surface area contributed by atoms with Crippen molar-refractivity contribution >= 4 is 33.0 Å². The molecule has 32 heavy (non-hydrogen) atoms. The number of piperidine rings is 1. The topological polar surface area (TPSA) is 90.3 Å². The minimum atomic E-state index is -3.28.